The molecule has 1 heterocycles. The van der Waals surface area contributed by atoms with Gasteiger partial charge in [-0.15, -0.1) is 11.3 Å². The molecule has 92 valence electrons. The van der Waals surface area contributed by atoms with Crippen LogP contribution in [0.15, 0.2) is 12.1 Å². The molecule has 0 aliphatic heterocycles. The predicted molar refractivity (Wildman–Crippen MR) is 74.2 cm³/mol. The Labute approximate surface area is 104 Å². The number of hydrogen-bond acceptors (Lipinski definition) is 2. The summed E-state index contributed by atoms with van der Waals surface area (Å²) in [5.74, 6) is 0. The lowest BCUT2D eigenvalue weighted by molar-refractivity contribution is 0.511. The van der Waals surface area contributed by atoms with Gasteiger partial charge in [-0.3, -0.25) is 0 Å². The average Bonchev–Trinajstić information content (AvgIpc) is 2.63. The van der Waals surface area contributed by atoms with Gasteiger partial charge < -0.3 is 5.32 Å². The number of hydrogen-bond donors (Lipinski definition) is 1. The minimum atomic E-state index is 0.290. The highest BCUT2D eigenvalue weighted by atomic mass is 32.1. The van der Waals surface area contributed by atoms with Crippen LogP contribution in [0.5, 0.6) is 0 Å². The van der Waals surface area contributed by atoms with Crippen LogP contribution in [0, 0.1) is 0 Å². The molecule has 0 radical (unpaired) electrons. The molecule has 0 aromatic carbocycles. The first-order valence-electron chi connectivity index (χ1n) is 6.26. The monoisotopic (exact) mass is 239 g/mol. The van der Waals surface area contributed by atoms with Crippen LogP contribution in [-0.4, -0.2) is 6.04 Å². The SMILES string of the molecule is CCCC(C)NCc1ccc(C(C)(C)C)s1. The smallest absolute Gasteiger partial charge is 0.0302 e. The number of rotatable bonds is 5. The molecular formula is C14H25NS. The molecule has 0 aliphatic carbocycles. The van der Waals surface area contributed by atoms with Gasteiger partial charge in [0, 0.05) is 22.3 Å². The van der Waals surface area contributed by atoms with E-state index >= 15 is 0 Å². The van der Waals surface area contributed by atoms with Crippen molar-refractivity contribution in [1.29, 1.82) is 0 Å². The second-order valence-corrected chi connectivity index (χ2v) is 6.75. The zero-order valence-corrected chi connectivity index (χ0v) is 12.1. The van der Waals surface area contributed by atoms with Gasteiger partial charge in [-0.05, 0) is 30.9 Å². The fraction of sp³-hybridized carbons (Fsp3) is 0.714. The Morgan fingerprint density at radius 3 is 2.50 bits per heavy atom. The highest BCUT2D eigenvalue weighted by Crippen LogP contribution is 2.29. The van der Waals surface area contributed by atoms with Crippen LogP contribution >= 0.6 is 11.3 Å². The van der Waals surface area contributed by atoms with Crippen molar-refractivity contribution in [2.45, 2.75) is 65.5 Å². The predicted octanol–water partition coefficient (Wildman–Crippen LogP) is 4.32. The summed E-state index contributed by atoms with van der Waals surface area (Å²) in [7, 11) is 0. The minimum absolute atomic E-state index is 0.290. The van der Waals surface area contributed by atoms with Gasteiger partial charge in [0.2, 0.25) is 0 Å². The van der Waals surface area contributed by atoms with E-state index in [2.05, 4.69) is 52.1 Å². The highest BCUT2D eigenvalue weighted by molar-refractivity contribution is 7.12. The molecule has 0 bridgehead atoms. The van der Waals surface area contributed by atoms with Crippen LogP contribution in [0.2, 0.25) is 0 Å². The van der Waals surface area contributed by atoms with Gasteiger partial charge in [-0.25, -0.2) is 0 Å². The first-order chi connectivity index (χ1) is 7.43. The Hall–Kier alpha value is -0.340. The second-order valence-electron chi connectivity index (χ2n) is 5.59. The molecule has 0 saturated carbocycles. The van der Waals surface area contributed by atoms with Crippen LogP contribution < -0.4 is 5.32 Å². The van der Waals surface area contributed by atoms with Crippen LogP contribution in [0.25, 0.3) is 0 Å². The van der Waals surface area contributed by atoms with Gasteiger partial charge in [-0.2, -0.15) is 0 Å². The summed E-state index contributed by atoms with van der Waals surface area (Å²) in [6, 6.07) is 5.16. The van der Waals surface area contributed by atoms with E-state index in [4.69, 9.17) is 0 Å². The van der Waals surface area contributed by atoms with Crippen LogP contribution in [0.1, 0.15) is 57.2 Å². The van der Waals surface area contributed by atoms with Crippen molar-refractivity contribution in [2.24, 2.45) is 0 Å². The summed E-state index contributed by atoms with van der Waals surface area (Å²) in [6.45, 7) is 12.3. The summed E-state index contributed by atoms with van der Waals surface area (Å²) >= 11 is 1.94. The van der Waals surface area contributed by atoms with Crippen molar-refractivity contribution in [3.63, 3.8) is 0 Å². The zero-order valence-electron chi connectivity index (χ0n) is 11.3. The summed E-state index contributed by atoms with van der Waals surface area (Å²) in [5.41, 5.74) is 0.290. The summed E-state index contributed by atoms with van der Waals surface area (Å²) < 4.78 is 0. The molecule has 1 aromatic rings. The molecule has 1 aromatic heterocycles. The van der Waals surface area contributed by atoms with E-state index in [9.17, 15) is 0 Å². The third kappa shape index (κ3) is 4.26. The Morgan fingerprint density at radius 2 is 2.00 bits per heavy atom. The third-order valence-electron chi connectivity index (χ3n) is 2.75. The molecular weight excluding hydrogens is 214 g/mol. The lowest BCUT2D eigenvalue weighted by Crippen LogP contribution is -2.24. The third-order valence-corrected chi connectivity index (χ3v) is 4.26. The fourth-order valence-corrected chi connectivity index (χ4v) is 2.70. The van der Waals surface area contributed by atoms with Crippen LogP contribution in [0.4, 0.5) is 0 Å². The molecule has 1 nitrogen and oxygen atoms in total. The maximum atomic E-state index is 3.58. The van der Waals surface area contributed by atoms with Crippen LogP contribution in [0.3, 0.4) is 0 Å². The quantitative estimate of drug-likeness (QED) is 0.806. The van der Waals surface area contributed by atoms with Crippen molar-refractivity contribution in [3.8, 4) is 0 Å². The van der Waals surface area contributed by atoms with Crippen molar-refractivity contribution in [3.05, 3.63) is 21.9 Å². The van der Waals surface area contributed by atoms with E-state index in [0.29, 0.717) is 6.04 Å². The van der Waals surface area contributed by atoms with Gasteiger partial charge >= 0.3 is 0 Å². The molecule has 1 atom stereocenters. The summed E-state index contributed by atoms with van der Waals surface area (Å²) in [5, 5.41) is 3.58. The Kier molecular flexibility index (Phi) is 5.00. The maximum absolute atomic E-state index is 3.58. The van der Waals surface area contributed by atoms with E-state index in [-0.39, 0.29) is 5.41 Å². The Morgan fingerprint density at radius 1 is 1.31 bits per heavy atom. The fourth-order valence-electron chi connectivity index (χ4n) is 1.69. The number of nitrogens with one attached hydrogen (secondary N) is 1. The average molecular weight is 239 g/mol. The van der Waals surface area contributed by atoms with Gasteiger partial charge in [-0.1, -0.05) is 34.1 Å². The first-order valence-corrected chi connectivity index (χ1v) is 7.07. The van der Waals surface area contributed by atoms with Gasteiger partial charge in [0.1, 0.15) is 0 Å². The van der Waals surface area contributed by atoms with E-state index in [1.165, 1.54) is 22.6 Å². The maximum Gasteiger partial charge on any atom is 0.0302 e. The molecule has 0 fully saturated rings. The molecule has 0 amide bonds. The lowest BCUT2D eigenvalue weighted by Gasteiger charge is -2.15. The molecule has 1 rings (SSSR count). The Bertz CT molecular complexity index is 309. The highest BCUT2D eigenvalue weighted by Gasteiger charge is 2.15. The van der Waals surface area contributed by atoms with E-state index in [1.54, 1.807) is 0 Å². The van der Waals surface area contributed by atoms with Gasteiger partial charge in [0.15, 0.2) is 0 Å². The lowest BCUT2D eigenvalue weighted by atomic mass is 9.95. The van der Waals surface area contributed by atoms with Crippen molar-refractivity contribution >= 4 is 11.3 Å². The second kappa shape index (κ2) is 5.83. The van der Waals surface area contributed by atoms with E-state index < -0.39 is 0 Å². The van der Waals surface area contributed by atoms with Gasteiger partial charge in [0.25, 0.3) is 0 Å². The molecule has 1 N–H and O–H groups in total. The number of thiophene rings is 1. The van der Waals surface area contributed by atoms with Crippen molar-refractivity contribution in [2.75, 3.05) is 0 Å². The summed E-state index contributed by atoms with van der Waals surface area (Å²) in [6.07, 6.45) is 2.52. The van der Waals surface area contributed by atoms with Crippen molar-refractivity contribution in [1.82, 2.24) is 5.32 Å². The van der Waals surface area contributed by atoms with Crippen LogP contribution in [-0.2, 0) is 12.0 Å². The molecule has 0 saturated heterocycles. The van der Waals surface area contributed by atoms with E-state index in [0.717, 1.165) is 6.54 Å². The molecule has 0 aliphatic rings. The first kappa shape index (κ1) is 13.7. The van der Waals surface area contributed by atoms with Gasteiger partial charge in [0.05, 0.1) is 0 Å². The molecule has 2 heteroatoms. The molecule has 1 unspecified atom stereocenters. The summed E-state index contributed by atoms with van der Waals surface area (Å²) in [4.78, 5) is 2.93. The normalized spacial score (nSPS) is 14.1. The zero-order chi connectivity index (χ0) is 12.2. The molecule has 0 spiro atoms. The minimum Gasteiger partial charge on any atom is -0.309 e. The largest absolute Gasteiger partial charge is 0.309 e. The topological polar surface area (TPSA) is 12.0 Å². The standard InChI is InChI=1S/C14H25NS/c1-6-7-11(2)15-10-12-8-9-13(16-12)14(3,4)5/h8-9,11,15H,6-7,10H2,1-5H3. The van der Waals surface area contributed by atoms with Crippen molar-refractivity contribution < 1.29 is 0 Å². The Balaban J connectivity index is 2.47. The molecule has 16 heavy (non-hydrogen) atoms. The van der Waals surface area contributed by atoms with E-state index in [1.807, 2.05) is 11.3 Å².